The van der Waals surface area contributed by atoms with Gasteiger partial charge in [0.1, 0.15) is 11.0 Å². The summed E-state index contributed by atoms with van der Waals surface area (Å²) >= 11 is 1.52. The minimum atomic E-state index is -0.807. The molecule has 5 N–H and O–H groups in total. The van der Waals surface area contributed by atoms with Gasteiger partial charge in [-0.15, -0.1) is 11.3 Å². The lowest BCUT2D eigenvalue weighted by molar-refractivity contribution is -0.146. The Morgan fingerprint density at radius 3 is 2.25 bits per heavy atom. The number of methoxy groups -OCH3 is 1. The van der Waals surface area contributed by atoms with E-state index in [1.54, 1.807) is 25.3 Å². The van der Waals surface area contributed by atoms with Gasteiger partial charge in [-0.1, -0.05) is 92.1 Å². The summed E-state index contributed by atoms with van der Waals surface area (Å²) in [5.41, 5.74) is 1.11. The van der Waals surface area contributed by atoms with E-state index >= 15 is 0 Å². The van der Waals surface area contributed by atoms with Crippen molar-refractivity contribution >= 4 is 42.6 Å². The van der Waals surface area contributed by atoms with Gasteiger partial charge in [-0.3, -0.25) is 19.2 Å². The molecule has 0 radical (unpaired) electrons. The number of thiazole rings is 1. The number of nitrogens with two attached hydrogens (primary N) is 1. The van der Waals surface area contributed by atoms with Crippen LogP contribution in [0.1, 0.15) is 97.7 Å². The van der Waals surface area contributed by atoms with E-state index in [-0.39, 0.29) is 79.3 Å². The van der Waals surface area contributed by atoms with Crippen LogP contribution in [0.5, 0.6) is 0 Å². The van der Waals surface area contributed by atoms with Gasteiger partial charge in [0.2, 0.25) is 23.6 Å². The summed E-state index contributed by atoms with van der Waals surface area (Å²) in [6.07, 6.45) is 4.26. The third kappa shape index (κ3) is 12.6. The molecule has 2 aromatic rings. The van der Waals surface area contributed by atoms with Gasteiger partial charge in [-0.05, 0) is 48.5 Å². The first kappa shape index (κ1) is 46.0. The van der Waals surface area contributed by atoms with Crippen molar-refractivity contribution in [2.45, 2.75) is 124 Å². The molecule has 1 saturated heterocycles. The maximum absolute atomic E-state index is 14.2. The van der Waals surface area contributed by atoms with E-state index in [4.69, 9.17) is 10.6 Å². The van der Waals surface area contributed by atoms with Crippen molar-refractivity contribution in [2.75, 3.05) is 20.7 Å². The van der Waals surface area contributed by atoms with Crippen molar-refractivity contribution in [3.8, 4) is 0 Å². The van der Waals surface area contributed by atoms with Crippen LogP contribution in [0.4, 0.5) is 0 Å². The van der Waals surface area contributed by atoms with Gasteiger partial charge in [0.05, 0.1) is 30.7 Å². The average Bonchev–Trinajstić information content (AvgIpc) is 3.89. The summed E-state index contributed by atoms with van der Waals surface area (Å²) in [7, 11) is 3.30. The third-order valence-corrected chi connectivity index (χ3v) is 12.3. The van der Waals surface area contributed by atoms with Crippen molar-refractivity contribution in [1.82, 2.24) is 30.6 Å². The quantitative estimate of drug-likeness (QED) is 0.102. The lowest BCUT2D eigenvalue weighted by atomic mass is 9.86. The van der Waals surface area contributed by atoms with E-state index in [0.29, 0.717) is 13.0 Å². The van der Waals surface area contributed by atoms with Gasteiger partial charge < -0.3 is 35.2 Å². The molecule has 13 nitrogen and oxygen atoms in total. The van der Waals surface area contributed by atoms with Crippen molar-refractivity contribution in [3.05, 3.63) is 52.5 Å². The molecule has 2 unspecified atom stereocenters. The molecule has 9 atom stereocenters. The summed E-state index contributed by atoms with van der Waals surface area (Å²) in [5, 5.41) is 12.0. The zero-order valence-corrected chi connectivity index (χ0v) is 35.4. The van der Waals surface area contributed by atoms with E-state index in [1.807, 2.05) is 70.0 Å². The van der Waals surface area contributed by atoms with Crippen LogP contribution in [-0.4, -0.2) is 97.0 Å². The van der Waals surface area contributed by atoms with Crippen LogP contribution in [0.2, 0.25) is 0 Å². The molecule has 1 aliphatic rings. The fourth-order valence-electron chi connectivity index (χ4n) is 7.74. The number of carbonyl (C=O) groups is 4. The van der Waals surface area contributed by atoms with E-state index in [1.165, 1.54) is 11.3 Å². The first-order valence-electron chi connectivity index (χ1n) is 19.8. The van der Waals surface area contributed by atoms with E-state index < -0.39 is 24.2 Å². The highest BCUT2D eigenvalue weighted by molar-refractivity contribution is 7.09. The molecule has 2 heterocycles. The second-order valence-corrected chi connectivity index (χ2v) is 16.8. The highest BCUT2D eigenvalue weighted by Gasteiger charge is 2.42. The highest BCUT2D eigenvalue weighted by atomic mass is 32.1. The van der Waals surface area contributed by atoms with Crippen LogP contribution in [0, 0.1) is 29.6 Å². The minimum Gasteiger partial charge on any atom is -0.379 e. The number of likely N-dealkylation sites (N-methyl/N-ethyl adjacent to an activating group) is 1. The SMILES string of the molecule is CC[C@H](C)[C@@H]([C@@H](CC(=O)N1CCC[C@H]1[C@H](C)[C@@H](C)C(=O)NC(Cc1ccccc1)c1nccs1)OC)N(C)C(=O)[C@@H](NC(=O)C(NBON)C(C)C)C(C)C. The molecular formula is C40H66BN7O6S. The third-order valence-electron chi connectivity index (χ3n) is 11.4. The molecule has 4 amide bonds. The smallest absolute Gasteiger partial charge is 0.379 e. The number of amides is 4. The van der Waals surface area contributed by atoms with E-state index in [9.17, 15) is 19.2 Å². The Bertz CT molecular complexity index is 1490. The van der Waals surface area contributed by atoms with Crippen LogP contribution in [0.3, 0.4) is 0 Å². The Morgan fingerprint density at radius 2 is 1.69 bits per heavy atom. The van der Waals surface area contributed by atoms with Crippen LogP contribution >= 0.6 is 11.3 Å². The number of nitrogens with one attached hydrogen (secondary N) is 3. The number of benzene rings is 1. The average molecular weight is 784 g/mol. The fraction of sp³-hybridized carbons (Fsp3) is 0.675. The summed E-state index contributed by atoms with van der Waals surface area (Å²) in [6.45, 7) is 16.3. The number of nitrogens with zero attached hydrogens (tertiary/aromatic N) is 3. The number of aromatic nitrogens is 1. The maximum Gasteiger partial charge on any atom is 0.384 e. The number of rotatable bonds is 22. The summed E-state index contributed by atoms with van der Waals surface area (Å²) < 4.78 is 10.7. The Balaban J connectivity index is 1.75. The first-order valence-corrected chi connectivity index (χ1v) is 20.7. The maximum atomic E-state index is 14.2. The van der Waals surface area contributed by atoms with Crippen LogP contribution < -0.4 is 21.8 Å². The topological polar surface area (TPSA) is 168 Å². The van der Waals surface area contributed by atoms with Crippen LogP contribution in [0.15, 0.2) is 41.9 Å². The normalized spacial score (nSPS) is 18.9. The predicted octanol–water partition coefficient (Wildman–Crippen LogP) is 4.00. The Labute approximate surface area is 333 Å². The first-order chi connectivity index (χ1) is 26.2. The lowest BCUT2D eigenvalue weighted by Crippen LogP contribution is -2.60. The van der Waals surface area contributed by atoms with Gasteiger partial charge in [-0.2, -0.15) is 0 Å². The summed E-state index contributed by atoms with van der Waals surface area (Å²) in [4.78, 5) is 63.8. The molecule has 0 aliphatic carbocycles. The van der Waals surface area contributed by atoms with Crippen molar-refractivity contribution < 1.29 is 28.7 Å². The Hall–Kier alpha value is -3.37. The molecule has 0 spiro atoms. The Morgan fingerprint density at radius 1 is 1.02 bits per heavy atom. The van der Waals surface area contributed by atoms with Gasteiger partial charge in [0.25, 0.3) is 0 Å². The van der Waals surface area contributed by atoms with E-state index in [0.717, 1.165) is 29.8 Å². The minimum absolute atomic E-state index is 0.0125. The zero-order chi connectivity index (χ0) is 40.8. The summed E-state index contributed by atoms with van der Waals surface area (Å²) in [5.74, 6) is 3.73. The van der Waals surface area contributed by atoms with Crippen LogP contribution in [0.25, 0.3) is 0 Å². The molecule has 1 aliphatic heterocycles. The van der Waals surface area contributed by atoms with Gasteiger partial charge in [0, 0.05) is 44.2 Å². The second kappa shape index (κ2) is 22.4. The van der Waals surface area contributed by atoms with Crippen molar-refractivity contribution in [2.24, 2.45) is 35.5 Å². The largest absolute Gasteiger partial charge is 0.384 e. The monoisotopic (exact) mass is 783 g/mol. The molecular weight excluding hydrogens is 717 g/mol. The number of likely N-dealkylation sites (tertiary alicyclic amines) is 1. The van der Waals surface area contributed by atoms with Crippen molar-refractivity contribution in [1.29, 1.82) is 0 Å². The Kier molecular flexibility index (Phi) is 18.7. The molecule has 1 fully saturated rings. The molecule has 15 heteroatoms. The van der Waals surface area contributed by atoms with Gasteiger partial charge >= 0.3 is 7.62 Å². The van der Waals surface area contributed by atoms with Gasteiger partial charge in [0.15, 0.2) is 0 Å². The molecule has 0 bridgehead atoms. The molecule has 3 rings (SSSR count). The predicted molar refractivity (Wildman–Crippen MR) is 219 cm³/mol. The van der Waals surface area contributed by atoms with Crippen LogP contribution in [-0.2, 0) is 35.1 Å². The molecule has 0 saturated carbocycles. The molecule has 306 valence electrons. The fourth-order valence-corrected chi connectivity index (χ4v) is 8.43. The molecule has 1 aromatic heterocycles. The zero-order valence-electron chi connectivity index (χ0n) is 34.6. The number of hydrogen-bond acceptors (Lipinski definition) is 10. The molecule has 1 aromatic carbocycles. The number of hydrogen-bond donors (Lipinski definition) is 4. The lowest BCUT2D eigenvalue weighted by Gasteiger charge is -2.41. The second-order valence-electron chi connectivity index (χ2n) is 15.8. The summed E-state index contributed by atoms with van der Waals surface area (Å²) in [6, 6.07) is 7.83. The van der Waals surface area contributed by atoms with Crippen molar-refractivity contribution in [3.63, 3.8) is 0 Å². The number of carbonyl (C=O) groups excluding carboxylic acids is 4. The van der Waals surface area contributed by atoms with E-state index in [2.05, 4.69) is 51.6 Å². The van der Waals surface area contributed by atoms with Gasteiger partial charge in [-0.25, -0.2) is 10.9 Å². The number of ether oxygens (including phenoxy) is 1. The highest BCUT2D eigenvalue weighted by Crippen LogP contribution is 2.32. The molecule has 55 heavy (non-hydrogen) atoms. The standard InChI is InChI=1S/C40H66BN7O6S/c1-11-26(6)36(47(9)40(52)35(25(4)5)45-38(51)34(24(2)3)46-41-54-42)32(53-10)23-33(49)48-20-15-18-31(48)27(7)28(8)37(50)44-30(39-43-19-21-55-39)22-29-16-13-12-14-17-29/h12-14,16-17,19,21,24-28,30-32,34-36,41,46H,11,15,18,20,22-23,42H2,1-10H3,(H,44,50)(H,45,51)/t26-,27+,28+,30?,31-,32+,34?,35-,36-/m0/s1.